The minimum absolute atomic E-state index is 0.0215. The topological polar surface area (TPSA) is 323 Å². The molecular weight excluding hydrogens is 1310 g/mol. The maximum absolute atomic E-state index is 12.5. The summed E-state index contributed by atoms with van der Waals surface area (Å²) in [7, 11) is -5.66. The van der Waals surface area contributed by atoms with Crippen LogP contribution in [-0.4, -0.2) is 110 Å². The Kier molecular flexibility index (Phi) is 22.4. The van der Waals surface area contributed by atoms with E-state index in [1.54, 1.807) is 48.7 Å². The Balaban J connectivity index is 0.000000152. The van der Waals surface area contributed by atoms with Gasteiger partial charge in [0.1, 0.15) is 35.5 Å². The number of nitrogens with zero attached hydrogens (tertiary/aromatic N) is 10. The summed E-state index contributed by atoms with van der Waals surface area (Å²) in [4.78, 5) is 28.3. The minimum Gasteiger partial charge on any atom is -0.490 e. The summed E-state index contributed by atoms with van der Waals surface area (Å²) in [5.74, 6) is 7.93. The highest BCUT2D eigenvalue weighted by Gasteiger charge is 2.30. The van der Waals surface area contributed by atoms with Crippen LogP contribution in [-0.2, 0) is 43.8 Å². The predicted octanol–water partition coefficient (Wildman–Crippen LogP) is 12.9. The Hall–Kier alpha value is -10.1. The highest BCUT2D eigenvalue weighted by atomic mass is 32.2. The fraction of sp³-hybridized carbons (Fsp3) is 0.373. The van der Waals surface area contributed by atoms with Gasteiger partial charge in [0.15, 0.2) is 0 Å². The molecule has 0 spiro atoms. The van der Waals surface area contributed by atoms with E-state index < -0.39 is 19.7 Å². The van der Waals surface area contributed by atoms with E-state index in [-0.39, 0.29) is 42.3 Å². The molecule has 100 heavy (non-hydrogen) atoms. The number of nitrogens with one attached hydrogen (secondary N) is 3. The molecule has 0 bridgehead atoms. The van der Waals surface area contributed by atoms with Crippen molar-refractivity contribution in [1.29, 1.82) is 15.8 Å². The van der Waals surface area contributed by atoms with Crippen molar-refractivity contribution in [3.8, 4) is 104 Å². The van der Waals surface area contributed by atoms with E-state index in [9.17, 15) is 33.2 Å². The third-order valence-corrected chi connectivity index (χ3v) is 18.9. The molecule has 4 heterocycles. The van der Waals surface area contributed by atoms with E-state index in [1.807, 2.05) is 101 Å². The molecule has 6 aromatic carbocycles. The van der Waals surface area contributed by atoms with E-state index in [0.29, 0.717) is 92.3 Å². The monoisotopic (exact) mass is 1390 g/mol. The number of aromatic nitrogens is 6. The molecule has 1 fully saturated rings. The van der Waals surface area contributed by atoms with Gasteiger partial charge in [-0.3, -0.25) is 9.00 Å². The lowest BCUT2D eigenvalue weighted by atomic mass is 9.84. The first kappa shape index (κ1) is 71.2. The Labute approximate surface area is 583 Å². The summed E-state index contributed by atoms with van der Waals surface area (Å²) < 4.78 is 75.4. The molecule has 25 heteroatoms. The van der Waals surface area contributed by atoms with E-state index in [0.717, 1.165) is 123 Å². The molecule has 3 aliphatic carbocycles. The summed E-state index contributed by atoms with van der Waals surface area (Å²) in [5, 5.41) is 44.7. The van der Waals surface area contributed by atoms with Gasteiger partial charge in [-0.15, -0.1) is 0 Å². The van der Waals surface area contributed by atoms with Crippen molar-refractivity contribution < 1.29 is 45.2 Å². The third kappa shape index (κ3) is 17.3. The molecular formula is C75H81N13O10S2. The third-order valence-electron chi connectivity index (χ3n) is 17.4. The van der Waals surface area contributed by atoms with Gasteiger partial charge in [-0.2, -0.15) is 30.7 Å². The molecule has 1 aliphatic heterocycles. The van der Waals surface area contributed by atoms with Crippen LogP contribution in [0.3, 0.4) is 0 Å². The fourth-order valence-corrected chi connectivity index (χ4v) is 14.8. The van der Waals surface area contributed by atoms with Crippen LogP contribution < -0.4 is 29.0 Å². The molecule has 9 aromatic rings. The predicted molar refractivity (Wildman–Crippen MR) is 380 cm³/mol. The van der Waals surface area contributed by atoms with Gasteiger partial charge in [0.2, 0.25) is 33.4 Å². The number of hydrogen-bond donors (Lipinski definition) is 3. The van der Waals surface area contributed by atoms with Crippen LogP contribution in [0.15, 0.2) is 123 Å². The average molecular weight is 1390 g/mol. The van der Waals surface area contributed by atoms with Crippen molar-refractivity contribution >= 4 is 31.5 Å². The lowest BCUT2D eigenvalue weighted by Gasteiger charge is -2.28. The number of sulfonamides is 1. The van der Waals surface area contributed by atoms with E-state index in [1.165, 1.54) is 17.4 Å². The van der Waals surface area contributed by atoms with Crippen molar-refractivity contribution in [2.45, 2.75) is 149 Å². The first-order chi connectivity index (χ1) is 48.0. The van der Waals surface area contributed by atoms with Crippen LogP contribution in [0.2, 0.25) is 0 Å². The molecule has 3 N–H and O–H groups in total. The van der Waals surface area contributed by atoms with E-state index in [4.69, 9.17) is 27.8 Å². The molecule has 0 radical (unpaired) electrons. The van der Waals surface area contributed by atoms with Gasteiger partial charge in [-0.05, 0) is 206 Å². The normalized spacial score (nSPS) is 16.8. The molecule has 4 atom stereocenters. The van der Waals surface area contributed by atoms with Crippen molar-refractivity contribution in [1.82, 2.24) is 50.1 Å². The van der Waals surface area contributed by atoms with E-state index in [2.05, 4.69) is 81.4 Å². The Bertz CT molecular complexity index is 4620. The minimum atomic E-state index is -3.33. The van der Waals surface area contributed by atoms with Crippen LogP contribution in [0.1, 0.15) is 161 Å². The van der Waals surface area contributed by atoms with Gasteiger partial charge < -0.3 is 38.0 Å². The lowest BCUT2D eigenvalue weighted by molar-refractivity contribution is -0.129. The molecule has 13 rings (SSSR count). The largest absolute Gasteiger partial charge is 0.490 e. The Morgan fingerprint density at radius 1 is 0.530 bits per heavy atom. The van der Waals surface area contributed by atoms with Crippen molar-refractivity contribution in [2.24, 2.45) is 0 Å². The summed E-state index contributed by atoms with van der Waals surface area (Å²) >= 11 is 0. The van der Waals surface area contributed by atoms with Gasteiger partial charge in [-0.1, -0.05) is 70.1 Å². The highest BCUT2D eigenvalue weighted by molar-refractivity contribution is 7.97. The van der Waals surface area contributed by atoms with Crippen molar-refractivity contribution in [3.05, 3.63) is 159 Å². The maximum Gasteiger partial charge on any atom is 0.258 e. The Morgan fingerprint density at radius 2 is 0.880 bits per heavy atom. The summed E-state index contributed by atoms with van der Waals surface area (Å²) in [6.45, 7) is 13.6. The van der Waals surface area contributed by atoms with Crippen LogP contribution in [0.5, 0.6) is 17.2 Å². The quantitative estimate of drug-likeness (QED) is 0.0633. The number of fused-ring (bicyclic) bond motifs is 3. The number of amides is 1. The number of carbonyl (C=O) groups is 1. The number of ether oxygens (including phenoxy) is 3. The first-order valence-corrected chi connectivity index (χ1v) is 37.6. The van der Waals surface area contributed by atoms with Gasteiger partial charge in [0, 0.05) is 80.6 Å². The smallest absolute Gasteiger partial charge is 0.258 e. The number of benzene rings is 6. The molecule has 1 saturated heterocycles. The first-order valence-electron chi connectivity index (χ1n) is 33.6. The van der Waals surface area contributed by atoms with Crippen LogP contribution in [0.4, 0.5) is 0 Å². The second kappa shape index (κ2) is 31.4. The van der Waals surface area contributed by atoms with Crippen molar-refractivity contribution in [2.75, 3.05) is 32.1 Å². The second-order valence-electron chi connectivity index (χ2n) is 26.2. The SMILES string of the molecule is C=S(C)(=O)N[C@@H]1CCCc2c(-c3noc(-c4ccc(OC(C)C)c(C#N)c4)n3)cccc21.CC(C)Oc1ccc(-c2nc(-c3cccc4c3CCC[C@@H]4NCC(=O)N3CCCC3)no2)cc1C#N.CC(C)Oc1ccc(-c2nc(-c3cccc4c3CCC[C@@H]4NS(C)(=O)=O)no2)cc1C#N. The number of carbonyl (C=O) groups excluding carboxylic acids is 1. The number of likely N-dealkylation sites (tertiary alicyclic amines) is 1. The molecule has 0 saturated carbocycles. The van der Waals surface area contributed by atoms with Gasteiger partial charge in [0.25, 0.3) is 17.7 Å². The molecule has 4 aliphatic rings. The molecule has 3 aromatic heterocycles. The zero-order valence-corrected chi connectivity index (χ0v) is 59.0. The van der Waals surface area contributed by atoms with Gasteiger partial charge in [-0.25, -0.2) is 17.9 Å². The highest BCUT2D eigenvalue weighted by Crippen LogP contribution is 2.41. The number of nitriles is 3. The van der Waals surface area contributed by atoms with Crippen molar-refractivity contribution in [3.63, 3.8) is 0 Å². The molecule has 23 nitrogen and oxygen atoms in total. The lowest BCUT2D eigenvalue weighted by Crippen LogP contribution is -2.38. The standard InChI is InChI=1S/C28H31N5O3.C24H26N4O3S.C23H24N4O4S/c1-18(2)35-25-12-11-19(15-20(25)16-29)28-31-27(32-36-28)23-9-5-8-22-21(23)7-6-10-24(22)30-17-26(34)33-13-3-4-14-33;1-15(2)30-22-12-11-16(13-17(22)14-25)24-26-23(27-31-24)20-9-5-8-19-18(20)7-6-10-21(19)28-32(3,4)29;1-14(2)30-21-11-10-15(12-16(21)13-24)23-25-22(26-31-23)19-8-4-7-18-17(19)6-5-9-20(18)27-32(3,28)29/h5,8-9,11-12,15,18,24,30H,3-4,6-7,10,13-14,17H2,1-2H3;5,8-9,11-13,15,21H,3,6-7,10H2,1-2,4H3,(H,28,29);4,7-8,10-12,14,20,27H,5-6,9H2,1-3H3/t24-;21-,32?;20-/m010/s1. The number of rotatable bonds is 19. The fourth-order valence-electron chi connectivity index (χ4n) is 13.2. The zero-order chi connectivity index (χ0) is 70.8. The van der Waals surface area contributed by atoms with Gasteiger partial charge in [0.05, 0.1) is 47.8 Å². The van der Waals surface area contributed by atoms with E-state index >= 15 is 0 Å². The summed E-state index contributed by atoms with van der Waals surface area (Å²) in [5.41, 5.74) is 12.4. The second-order valence-corrected chi connectivity index (χ2v) is 30.2. The maximum atomic E-state index is 12.5. The van der Waals surface area contributed by atoms with Gasteiger partial charge >= 0.3 is 0 Å². The Morgan fingerprint density at radius 3 is 1.22 bits per heavy atom. The number of hydrogen-bond acceptors (Lipinski definition) is 20. The molecule has 1 unspecified atom stereocenters. The zero-order valence-electron chi connectivity index (χ0n) is 57.3. The molecule has 1 amide bonds. The summed E-state index contributed by atoms with van der Waals surface area (Å²) in [6, 6.07) is 39.9. The summed E-state index contributed by atoms with van der Waals surface area (Å²) in [6.07, 6.45) is 12.9. The van der Waals surface area contributed by atoms with Crippen LogP contribution in [0, 0.1) is 34.0 Å². The van der Waals surface area contributed by atoms with Crippen LogP contribution >= 0.6 is 0 Å². The molecule has 518 valence electrons. The van der Waals surface area contributed by atoms with Crippen LogP contribution in [0.25, 0.3) is 68.5 Å². The average Bonchev–Trinajstić information content (AvgIpc) is 1.14.